The maximum Gasteiger partial charge on any atom is 0.347 e. The lowest BCUT2D eigenvalue weighted by atomic mass is 10.2. The molecule has 30 heavy (non-hydrogen) atoms. The molecule has 2 N–H and O–H groups in total. The van der Waals surface area contributed by atoms with Gasteiger partial charge in [-0.05, 0) is 38.1 Å². The predicted molar refractivity (Wildman–Crippen MR) is 100 cm³/mol. The number of anilines is 1. The number of carbonyl (C=O) groups is 3. The summed E-state index contributed by atoms with van der Waals surface area (Å²) < 4.78 is 50.0. The van der Waals surface area contributed by atoms with Crippen molar-refractivity contribution in [2.45, 2.75) is 26.1 Å². The molecule has 2 aromatic carbocycles. The Morgan fingerprint density at radius 3 is 2.27 bits per heavy atom. The van der Waals surface area contributed by atoms with E-state index in [4.69, 9.17) is 9.47 Å². The van der Waals surface area contributed by atoms with E-state index in [1.54, 1.807) is 30.3 Å². The van der Waals surface area contributed by atoms with Gasteiger partial charge in [0, 0.05) is 0 Å². The lowest BCUT2D eigenvalue weighted by molar-refractivity contribution is -0.160. The van der Waals surface area contributed by atoms with Gasteiger partial charge in [-0.25, -0.2) is 18.0 Å². The van der Waals surface area contributed by atoms with Crippen molar-refractivity contribution in [3.63, 3.8) is 0 Å². The number of hydrogen-bond acceptors (Lipinski definition) is 5. The quantitative estimate of drug-likeness (QED) is 0.502. The fraction of sp³-hybridized carbons (Fsp3) is 0.250. The topological polar surface area (TPSA) is 93.7 Å². The fourth-order valence-electron chi connectivity index (χ4n) is 2.20. The molecule has 0 bridgehead atoms. The monoisotopic (exact) mass is 424 g/mol. The van der Waals surface area contributed by atoms with Crippen LogP contribution in [0.5, 0.6) is 5.75 Å². The zero-order chi connectivity index (χ0) is 22.3. The second kappa shape index (κ2) is 10.3. The normalized spacial score (nSPS) is 12.4. The van der Waals surface area contributed by atoms with Gasteiger partial charge in [0.2, 0.25) is 5.91 Å². The first-order valence-corrected chi connectivity index (χ1v) is 8.82. The smallest absolute Gasteiger partial charge is 0.347 e. The highest BCUT2D eigenvalue weighted by Crippen LogP contribution is 2.19. The average Bonchev–Trinajstić information content (AvgIpc) is 2.73. The van der Waals surface area contributed by atoms with E-state index in [0.29, 0.717) is 11.8 Å². The van der Waals surface area contributed by atoms with Crippen molar-refractivity contribution in [1.29, 1.82) is 0 Å². The van der Waals surface area contributed by atoms with Crippen LogP contribution in [0.1, 0.15) is 13.8 Å². The number of esters is 1. The van der Waals surface area contributed by atoms with Crippen LogP contribution < -0.4 is 15.4 Å². The molecule has 0 radical (unpaired) electrons. The third kappa shape index (κ3) is 6.23. The molecule has 2 aromatic rings. The van der Waals surface area contributed by atoms with Crippen molar-refractivity contribution in [3.8, 4) is 5.75 Å². The number of benzene rings is 2. The maximum absolute atomic E-state index is 13.5. The van der Waals surface area contributed by atoms with Gasteiger partial charge in [-0.3, -0.25) is 9.59 Å². The van der Waals surface area contributed by atoms with Gasteiger partial charge >= 0.3 is 5.97 Å². The van der Waals surface area contributed by atoms with Crippen molar-refractivity contribution >= 4 is 23.5 Å². The molecule has 0 saturated heterocycles. The number of ether oxygens (including phenoxy) is 2. The van der Waals surface area contributed by atoms with Crippen molar-refractivity contribution in [2.75, 3.05) is 11.9 Å². The number of carbonyl (C=O) groups excluding carboxylic acids is 3. The minimum atomic E-state index is -1.73. The molecule has 0 aliphatic heterocycles. The number of nitrogens with one attached hydrogen (secondary N) is 2. The molecule has 2 unspecified atom stereocenters. The zero-order valence-electron chi connectivity index (χ0n) is 16.1. The van der Waals surface area contributed by atoms with Crippen LogP contribution in [0.2, 0.25) is 0 Å². The molecule has 160 valence electrons. The number of amides is 2. The molecule has 0 aliphatic carbocycles. The van der Waals surface area contributed by atoms with E-state index < -0.39 is 59.7 Å². The zero-order valence-corrected chi connectivity index (χ0v) is 16.1. The van der Waals surface area contributed by atoms with E-state index in [0.717, 1.165) is 6.07 Å². The Hall–Kier alpha value is -3.56. The van der Waals surface area contributed by atoms with Gasteiger partial charge in [0.25, 0.3) is 5.91 Å². The third-order valence-electron chi connectivity index (χ3n) is 3.78. The average molecular weight is 424 g/mol. The van der Waals surface area contributed by atoms with Crippen LogP contribution in [0.25, 0.3) is 0 Å². The Labute approximate surface area is 170 Å². The molecule has 0 aliphatic rings. The van der Waals surface area contributed by atoms with Crippen molar-refractivity contribution < 1.29 is 37.0 Å². The minimum absolute atomic E-state index is 0.445. The Bertz CT molecular complexity index is 924. The Balaban J connectivity index is 1.80. The largest absolute Gasteiger partial charge is 0.479 e. The highest BCUT2D eigenvalue weighted by molar-refractivity contribution is 5.95. The first-order chi connectivity index (χ1) is 14.2. The minimum Gasteiger partial charge on any atom is -0.479 e. The standard InChI is InChI=1S/C20H19F3N2O5/c1-11(30-20(28)12(2)29-13-6-4-3-5-7-13)19(27)24-10-16(26)25-15-9-8-14(21)17(22)18(15)23/h3-9,11-12H,10H2,1-2H3,(H,24,27)(H,25,26). The Kier molecular flexibility index (Phi) is 7.79. The molecular formula is C20H19F3N2O5. The van der Waals surface area contributed by atoms with Crippen LogP contribution in [0, 0.1) is 17.5 Å². The molecule has 0 fully saturated rings. The molecule has 7 nitrogen and oxygen atoms in total. The molecule has 0 aromatic heterocycles. The van der Waals surface area contributed by atoms with Gasteiger partial charge in [0.1, 0.15) is 5.75 Å². The molecule has 2 amide bonds. The first kappa shape index (κ1) is 22.7. The number of para-hydroxylation sites is 1. The first-order valence-electron chi connectivity index (χ1n) is 8.82. The van der Waals surface area contributed by atoms with Gasteiger partial charge in [-0.2, -0.15) is 0 Å². The summed E-state index contributed by atoms with van der Waals surface area (Å²) in [6.45, 7) is 2.12. The highest BCUT2D eigenvalue weighted by Gasteiger charge is 2.24. The molecule has 10 heteroatoms. The van der Waals surface area contributed by atoms with Crippen LogP contribution in [-0.4, -0.2) is 36.5 Å². The Morgan fingerprint density at radius 2 is 1.60 bits per heavy atom. The Morgan fingerprint density at radius 1 is 0.933 bits per heavy atom. The van der Waals surface area contributed by atoms with E-state index in [1.807, 2.05) is 5.32 Å². The maximum atomic E-state index is 13.5. The molecule has 0 saturated carbocycles. The lowest BCUT2D eigenvalue weighted by Crippen LogP contribution is -2.41. The van der Waals surface area contributed by atoms with Gasteiger partial charge < -0.3 is 20.1 Å². The lowest BCUT2D eigenvalue weighted by Gasteiger charge is -2.17. The van der Waals surface area contributed by atoms with E-state index in [-0.39, 0.29) is 0 Å². The van der Waals surface area contributed by atoms with Crippen molar-refractivity contribution in [3.05, 3.63) is 59.9 Å². The van der Waals surface area contributed by atoms with Gasteiger partial charge in [-0.1, -0.05) is 18.2 Å². The van der Waals surface area contributed by atoms with E-state index in [9.17, 15) is 27.6 Å². The highest BCUT2D eigenvalue weighted by atomic mass is 19.2. The van der Waals surface area contributed by atoms with Crippen LogP contribution in [0.15, 0.2) is 42.5 Å². The summed E-state index contributed by atoms with van der Waals surface area (Å²) in [5, 5.41) is 4.18. The van der Waals surface area contributed by atoms with Gasteiger partial charge in [0.05, 0.1) is 12.2 Å². The SMILES string of the molecule is CC(OC(=O)C(C)Oc1ccccc1)C(=O)NCC(=O)Nc1ccc(F)c(F)c1F. The van der Waals surface area contributed by atoms with Crippen LogP contribution >= 0.6 is 0 Å². The number of hydrogen-bond donors (Lipinski definition) is 2. The molecule has 0 heterocycles. The summed E-state index contributed by atoms with van der Waals surface area (Å²) in [5.41, 5.74) is -0.584. The van der Waals surface area contributed by atoms with Crippen LogP contribution in [0.3, 0.4) is 0 Å². The van der Waals surface area contributed by atoms with Crippen LogP contribution in [0.4, 0.5) is 18.9 Å². The molecular weight excluding hydrogens is 405 g/mol. The van der Waals surface area contributed by atoms with Gasteiger partial charge in [-0.15, -0.1) is 0 Å². The van der Waals surface area contributed by atoms with Crippen molar-refractivity contribution in [1.82, 2.24) is 5.32 Å². The van der Waals surface area contributed by atoms with E-state index >= 15 is 0 Å². The van der Waals surface area contributed by atoms with Gasteiger partial charge in [0.15, 0.2) is 29.7 Å². The summed E-state index contributed by atoms with van der Waals surface area (Å²) in [6.07, 6.45) is -2.23. The third-order valence-corrected chi connectivity index (χ3v) is 3.78. The van der Waals surface area contributed by atoms with E-state index in [2.05, 4.69) is 5.32 Å². The molecule has 0 spiro atoms. The number of halogens is 3. The second-order valence-electron chi connectivity index (χ2n) is 6.14. The predicted octanol–water partition coefficient (Wildman–Crippen LogP) is 2.56. The summed E-state index contributed by atoms with van der Waals surface area (Å²) in [7, 11) is 0. The summed E-state index contributed by atoms with van der Waals surface area (Å²) >= 11 is 0. The molecule has 2 rings (SSSR count). The summed E-state index contributed by atoms with van der Waals surface area (Å²) in [6, 6.07) is 10.0. The fourth-order valence-corrected chi connectivity index (χ4v) is 2.20. The summed E-state index contributed by atoms with van der Waals surface area (Å²) in [5.74, 6) is -6.74. The van der Waals surface area contributed by atoms with Crippen LogP contribution in [-0.2, 0) is 19.1 Å². The summed E-state index contributed by atoms with van der Waals surface area (Å²) in [4.78, 5) is 35.8. The number of rotatable bonds is 8. The van der Waals surface area contributed by atoms with E-state index in [1.165, 1.54) is 13.8 Å². The second-order valence-corrected chi connectivity index (χ2v) is 6.14. The molecule has 2 atom stereocenters. The van der Waals surface area contributed by atoms with Crippen molar-refractivity contribution in [2.24, 2.45) is 0 Å².